The summed E-state index contributed by atoms with van der Waals surface area (Å²) in [6.45, 7) is 1.50. The van der Waals surface area contributed by atoms with Crippen LogP contribution in [0.4, 0.5) is 11.4 Å². The molecule has 0 radical (unpaired) electrons. The topological polar surface area (TPSA) is 132 Å². The van der Waals surface area contributed by atoms with E-state index in [4.69, 9.17) is 4.74 Å². The van der Waals surface area contributed by atoms with E-state index in [0.717, 1.165) is 6.07 Å². The van der Waals surface area contributed by atoms with Crippen molar-refractivity contribution in [2.24, 2.45) is 0 Å². The van der Waals surface area contributed by atoms with Crippen molar-refractivity contribution in [1.29, 1.82) is 0 Å². The number of pyridine rings is 1. The van der Waals surface area contributed by atoms with Gasteiger partial charge < -0.3 is 10.1 Å². The van der Waals surface area contributed by atoms with E-state index in [1.807, 2.05) is 0 Å². The van der Waals surface area contributed by atoms with E-state index in [2.05, 4.69) is 10.3 Å². The molecule has 27 heavy (non-hydrogen) atoms. The number of imide groups is 1. The smallest absolute Gasteiger partial charge is 0.282 e. The quantitative estimate of drug-likeness (QED) is 0.464. The molecule has 3 rings (SSSR count). The summed E-state index contributed by atoms with van der Waals surface area (Å²) >= 11 is 0. The van der Waals surface area contributed by atoms with Gasteiger partial charge in [-0.15, -0.1) is 0 Å². The van der Waals surface area contributed by atoms with E-state index in [1.54, 1.807) is 19.1 Å². The summed E-state index contributed by atoms with van der Waals surface area (Å²) in [7, 11) is 0. The highest BCUT2D eigenvalue weighted by molar-refractivity contribution is 6.24. The number of hydrogen-bond donors (Lipinski definition) is 1. The van der Waals surface area contributed by atoms with Gasteiger partial charge in [-0.1, -0.05) is 6.07 Å². The second-order valence-corrected chi connectivity index (χ2v) is 5.49. The van der Waals surface area contributed by atoms with Gasteiger partial charge in [-0.2, -0.15) is 0 Å². The van der Waals surface area contributed by atoms with Gasteiger partial charge in [0.25, 0.3) is 17.5 Å². The molecule has 0 saturated carbocycles. The molecule has 1 aliphatic heterocycles. The Morgan fingerprint density at radius 2 is 2.04 bits per heavy atom. The fourth-order valence-corrected chi connectivity index (χ4v) is 2.68. The number of aromatic nitrogens is 1. The fraction of sp³-hybridized carbons (Fsp3) is 0.176. The van der Waals surface area contributed by atoms with Crippen LogP contribution in [-0.4, -0.2) is 45.7 Å². The maximum Gasteiger partial charge on any atom is 0.282 e. The normalized spacial score (nSPS) is 12.7. The first-order valence-electron chi connectivity index (χ1n) is 7.95. The highest BCUT2D eigenvalue weighted by atomic mass is 16.6. The van der Waals surface area contributed by atoms with Gasteiger partial charge in [0.2, 0.25) is 11.8 Å². The van der Waals surface area contributed by atoms with Crippen molar-refractivity contribution in [3.63, 3.8) is 0 Å². The number of nitro groups is 1. The number of hydrogen-bond acceptors (Lipinski definition) is 7. The van der Waals surface area contributed by atoms with Crippen molar-refractivity contribution in [2.45, 2.75) is 6.92 Å². The number of carbonyl (C=O) groups is 3. The lowest BCUT2D eigenvalue weighted by Gasteiger charge is -2.14. The first-order chi connectivity index (χ1) is 12.9. The van der Waals surface area contributed by atoms with Crippen LogP contribution in [0.1, 0.15) is 27.6 Å². The number of anilines is 1. The minimum atomic E-state index is -0.881. The van der Waals surface area contributed by atoms with E-state index in [-0.39, 0.29) is 22.7 Å². The molecule has 0 aliphatic carbocycles. The van der Waals surface area contributed by atoms with Crippen LogP contribution in [0.2, 0.25) is 0 Å². The Hall–Kier alpha value is -3.82. The molecule has 3 amide bonds. The van der Waals surface area contributed by atoms with Crippen molar-refractivity contribution >= 4 is 29.1 Å². The lowest BCUT2D eigenvalue weighted by atomic mass is 10.1. The zero-order valence-corrected chi connectivity index (χ0v) is 14.2. The fourth-order valence-electron chi connectivity index (χ4n) is 2.68. The molecular formula is C17H14N4O6. The van der Waals surface area contributed by atoms with Crippen LogP contribution >= 0.6 is 0 Å². The maximum absolute atomic E-state index is 12.5. The predicted octanol–water partition coefficient (Wildman–Crippen LogP) is 1.62. The van der Waals surface area contributed by atoms with Gasteiger partial charge in [0.1, 0.15) is 17.8 Å². The van der Waals surface area contributed by atoms with Crippen molar-refractivity contribution < 1.29 is 24.0 Å². The summed E-state index contributed by atoms with van der Waals surface area (Å²) in [6, 6.07) is 6.91. The van der Waals surface area contributed by atoms with E-state index < -0.39 is 34.9 Å². The number of rotatable bonds is 6. The van der Waals surface area contributed by atoms with E-state index in [1.165, 1.54) is 18.3 Å². The Morgan fingerprint density at radius 3 is 2.74 bits per heavy atom. The molecule has 1 N–H and O–H groups in total. The molecule has 10 nitrogen and oxygen atoms in total. The van der Waals surface area contributed by atoms with Crippen LogP contribution in [-0.2, 0) is 4.79 Å². The van der Waals surface area contributed by atoms with Crippen LogP contribution in [0.15, 0.2) is 36.5 Å². The van der Waals surface area contributed by atoms with Gasteiger partial charge in [0, 0.05) is 12.3 Å². The third kappa shape index (κ3) is 3.32. The largest absolute Gasteiger partial charge is 0.476 e. The summed E-state index contributed by atoms with van der Waals surface area (Å²) in [6.07, 6.45) is 1.49. The van der Waals surface area contributed by atoms with Crippen molar-refractivity contribution in [1.82, 2.24) is 9.88 Å². The van der Waals surface area contributed by atoms with Gasteiger partial charge >= 0.3 is 0 Å². The Kier molecular flexibility index (Phi) is 4.79. The minimum absolute atomic E-state index is 0.0987. The number of nitro benzene ring substituents is 1. The minimum Gasteiger partial charge on any atom is -0.476 e. The molecule has 1 aliphatic rings. The average molecular weight is 370 g/mol. The molecule has 0 atom stereocenters. The second kappa shape index (κ2) is 7.20. The lowest BCUT2D eigenvalue weighted by Crippen LogP contribution is -2.37. The lowest BCUT2D eigenvalue weighted by molar-refractivity contribution is -0.385. The first-order valence-corrected chi connectivity index (χ1v) is 7.95. The Morgan fingerprint density at radius 1 is 1.26 bits per heavy atom. The van der Waals surface area contributed by atoms with Gasteiger partial charge in [-0.25, -0.2) is 4.98 Å². The number of ether oxygens (including phenoxy) is 1. The molecule has 1 aromatic heterocycles. The average Bonchev–Trinajstić information content (AvgIpc) is 2.88. The monoisotopic (exact) mass is 370 g/mol. The van der Waals surface area contributed by atoms with E-state index >= 15 is 0 Å². The highest BCUT2D eigenvalue weighted by Crippen LogP contribution is 2.30. The third-order valence-electron chi connectivity index (χ3n) is 3.80. The summed E-state index contributed by atoms with van der Waals surface area (Å²) in [5, 5.41) is 13.6. The van der Waals surface area contributed by atoms with Gasteiger partial charge in [-0.3, -0.25) is 29.4 Å². The highest BCUT2D eigenvalue weighted by Gasteiger charge is 2.41. The molecule has 10 heteroatoms. The number of benzene rings is 1. The number of carbonyl (C=O) groups excluding carboxylic acids is 3. The number of amides is 3. The molecular weight excluding hydrogens is 356 g/mol. The molecule has 138 valence electrons. The number of nitrogens with zero attached hydrogens (tertiary/aromatic N) is 3. The predicted molar refractivity (Wildman–Crippen MR) is 92.5 cm³/mol. The molecule has 0 saturated heterocycles. The summed E-state index contributed by atoms with van der Waals surface area (Å²) in [4.78, 5) is 52.2. The van der Waals surface area contributed by atoms with Gasteiger partial charge in [-0.05, 0) is 25.1 Å². The number of fused-ring (bicyclic) bond motifs is 1. The van der Waals surface area contributed by atoms with Crippen molar-refractivity contribution in [3.8, 4) is 5.88 Å². The molecule has 0 fully saturated rings. The Labute approximate surface area is 152 Å². The summed E-state index contributed by atoms with van der Waals surface area (Å²) in [5.74, 6) is -2.11. The van der Waals surface area contributed by atoms with Crippen LogP contribution in [0.25, 0.3) is 0 Å². The van der Waals surface area contributed by atoms with Crippen LogP contribution in [0.5, 0.6) is 5.88 Å². The SMILES string of the molecule is CCOc1ncccc1NC(=O)CN1C(=O)c2cccc([N+](=O)[O-])c2C1=O. The van der Waals surface area contributed by atoms with Crippen LogP contribution < -0.4 is 10.1 Å². The molecule has 0 spiro atoms. The van der Waals surface area contributed by atoms with E-state index in [0.29, 0.717) is 11.5 Å². The third-order valence-corrected chi connectivity index (χ3v) is 3.80. The van der Waals surface area contributed by atoms with Crippen LogP contribution in [0, 0.1) is 10.1 Å². The zero-order chi connectivity index (χ0) is 19.6. The van der Waals surface area contributed by atoms with Crippen molar-refractivity contribution in [3.05, 3.63) is 57.8 Å². The molecule has 0 unspecified atom stereocenters. The van der Waals surface area contributed by atoms with Gasteiger partial charge in [0.05, 0.1) is 17.1 Å². The van der Waals surface area contributed by atoms with E-state index in [9.17, 15) is 24.5 Å². The molecule has 1 aromatic carbocycles. The van der Waals surface area contributed by atoms with Gasteiger partial charge in [0.15, 0.2) is 0 Å². The summed E-state index contributed by atoms with van der Waals surface area (Å²) in [5.41, 5.74) is -0.596. The Bertz CT molecular complexity index is 958. The first kappa shape index (κ1) is 18.0. The zero-order valence-electron chi connectivity index (χ0n) is 14.2. The van der Waals surface area contributed by atoms with Crippen molar-refractivity contribution in [2.75, 3.05) is 18.5 Å². The number of nitrogens with one attached hydrogen (secondary N) is 1. The summed E-state index contributed by atoms with van der Waals surface area (Å²) < 4.78 is 5.29. The maximum atomic E-state index is 12.5. The Balaban J connectivity index is 1.80. The van der Waals surface area contributed by atoms with Crippen LogP contribution in [0.3, 0.4) is 0 Å². The standard InChI is InChI=1S/C17H14N4O6/c1-2-27-15-11(6-4-8-18-15)19-13(22)9-20-16(23)10-5-3-7-12(21(25)26)14(10)17(20)24/h3-8H,2,9H2,1H3,(H,19,22). The molecule has 0 bridgehead atoms. The molecule has 2 aromatic rings. The molecule has 2 heterocycles. The second-order valence-electron chi connectivity index (χ2n) is 5.49.